The van der Waals surface area contributed by atoms with Crippen molar-refractivity contribution in [1.82, 2.24) is 14.7 Å². The topological polar surface area (TPSA) is 83.7 Å². The quantitative estimate of drug-likeness (QED) is 0.740. The van der Waals surface area contributed by atoms with Crippen molar-refractivity contribution in [3.63, 3.8) is 0 Å². The third-order valence-corrected chi connectivity index (χ3v) is 4.28. The van der Waals surface area contributed by atoms with Crippen molar-refractivity contribution in [3.8, 4) is 5.88 Å². The predicted octanol–water partition coefficient (Wildman–Crippen LogP) is 2.46. The molecule has 1 atom stereocenters. The predicted molar refractivity (Wildman–Crippen MR) is 99.6 cm³/mol. The lowest BCUT2D eigenvalue weighted by molar-refractivity contribution is 0.0933. The van der Waals surface area contributed by atoms with E-state index in [-0.39, 0.29) is 11.6 Å². The third-order valence-electron chi connectivity index (χ3n) is 4.28. The van der Waals surface area contributed by atoms with E-state index in [1.54, 1.807) is 18.3 Å². The van der Waals surface area contributed by atoms with Gasteiger partial charge in [-0.3, -0.25) is 14.0 Å². The lowest BCUT2D eigenvalue weighted by Gasteiger charge is -2.14. The van der Waals surface area contributed by atoms with Crippen LogP contribution in [0.1, 0.15) is 34.8 Å². The first kappa shape index (κ1) is 17.7. The summed E-state index contributed by atoms with van der Waals surface area (Å²) in [7, 11) is 0. The maximum Gasteiger partial charge on any atom is 0.274 e. The molecule has 2 N–H and O–H groups in total. The van der Waals surface area contributed by atoms with Gasteiger partial charge in [-0.05, 0) is 49.9 Å². The largest absolute Gasteiger partial charge is 0.493 e. The first-order valence-electron chi connectivity index (χ1n) is 8.52. The Morgan fingerprint density at radius 1 is 1.27 bits per heavy atom. The minimum atomic E-state index is -0.615. The van der Waals surface area contributed by atoms with E-state index >= 15 is 0 Å². The summed E-state index contributed by atoms with van der Waals surface area (Å²) < 4.78 is 1.26. The Hall–Kier alpha value is -3.15. The highest BCUT2D eigenvalue weighted by Gasteiger charge is 2.21. The van der Waals surface area contributed by atoms with E-state index in [0.29, 0.717) is 5.65 Å². The molecule has 26 heavy (non-hydrogen) atoms. The van der Waals surface area contributed by atoms with Crippen LogP contribution in [-0.2, 0) is 6.42 Å². The summed E-state index contributed by atoms with van der Waals surface area (Å²) in [6.45, 7) is 3.73. The molecule has 6 nitrogen and oxygen atoms in total. The van der Waals surface area contributed by atoms with Gasteiger partial charge in [0.25, 0.3) is 11.5 Å². The van der Waals surface area contributed by atoms with E-state index in [1.807, 2.05) is 44.2 Å². The van der Waals surface area contributed by atoms with Crippen LogP contribution in [0, 0.1) is 6.92 Å². The van der Waals surface area contributed by atoms with Gasteiger partial charge in [-0.15, -0.1) is 0 Å². The number of amides is 1. The second kappa shape index (κ2) is 7.39. The van der Waals surface area contributed by atoms with E-state index in [4.69, 9.17) is 0 Å². The molecule has 2 aromatic heterocycles. The molecule has 1 amide bonds. The van der Waals surface area contributed by atoms with Crippen molar-refractivity contribution in [3.05, 3.63) is 75.7 Å². The van der Waals surface area contributed by atoms with E-state index in [0.717, 1.165) is 18.4 Å². The maximum atomic E-state index is 12.6. The minimum Gasteiger partial charge on any atom is -0.493 e. The molecule has 6 heteroatoms. The lowest BCUT2D eigenvalue weighted by atomic mass is 10.1. The van der Waals surface area contributed by atoms with Crippen molar-refractivity contribution < 1.29 is 9.90 Å². The summed E-state index contributed by atoms with van der Waals surface area (Å²) in [6.07, 6.45) is 3.08. The number of hydrogen-bond donors (Lipinski definition) is 2. The minimum absolute atomic E-state index is 0.153. The Bertz CT molecular complexity index is 996. The smallest absolute Gasteiger partial charge is 0.274 e. The second-order valence-corrected chi connectivity index (χ2v) is 6.45. The molecule has 0 aliphatic rings. The fourth-order valence-electron chi connectivity index (χ4n) is 2.82. The Kier molecular flexibility index (Phi) is 5.02. The van der Waals surface area contributed by atoms with Crippen LogP contribution < -0.4 is 10.9 Å². The van der Waals surface area contributed by atoms with Crippen LogP contribution in [0.2, 0.25) is 0 Å². The van der Waals surface area contributed by atoms with Gasteiger partial charge in [-0.1, -0.05) is 30.3 Å². The fraction of sp³-hybridized carbons (Fsp3) is 0.250. The molecule has 0 aliphatic carbocycles. The SMILES string of the molecule is Cc1ccn2c(=O)c(C(=O)NC(C)CCc3ccccc3)c(O)nc2c1. The Balaban J connectivity index is 1.77. The van der Waals surface area contributed by atoms with Crippen molar-refractivity contribution in [1.29, 1.82) is 0 Å². The average molecular weight is 351 g/mol. The van der Waals surface area contributed by atoms with Gasteiger partial charge in [0.05, 0.1) is 0 Å². The van der Waals surface area contributed by atoms with Gasteiger partial charge in [0, 0.05) is 12.2 Å². The highest BCUT2D eigenvalue weighted by molar-refractivity contribution is 5.96. The number of aromatic nitrogens is 2. The van der Waals surface area contributed by atoms with Crippen LogP contribution in [0.3, 0.4) is 0 Å². The van der Waals surface area contributed by atoms with E-state index in [2.05, 4.69) is 10.3 Å². The number of aromatic hydroxyl groups is 1. The van der Waals surface area contributed by atoms with Gasteiger partial charge in [0.1, 0.15) is 5.65 Å². The number of hydrogen-bond acceptors (Lipinski definition) is 4. The number of aryl methyl sites for hydroxylation is 2. The second-order valence-electron chi connectivity index (χ2n) is 6.45. The molecule has 0 radical (unpaired) electrons. The molecule has 0 fully saturated rings. The summed E-state index contributed by atoms with van der Waals surface area (Å²) in [5.41, 5.74) is 1.47. The molecular weight excluding hydrogens is 330 g/mol. The van der Waals surface area contributed by atoms with Gasteiger partial charge in [-0.2, -0.15) is 4.98 Å². The van der Waals surface area contributed by atoms with Crippen molar-refractivity contribution in [2.75, 3.05) is 0 Å². The average Bonchev–Trinajstić information content (AvgIpc) is 2.60. The Labute approximate surface area is 151 Å². The van der Waals surface area contributed by atoms with Crippen LogP contribution in [0.25, 0.3) is 5.65 Å². The molecule has 2 heterocycles. The molecule has 0 spiro atoms. The standard InChI is InChI=1S/C20H21N3O3/c1-13-10-11-23-16(12-13)22-19(25)17(20(23)26)18(24)21-14(2)8-9-15-6-4-3-5-7-15/h3-7,10-12,14,25H,8-9H2,1-2H3,(H,21,24). The van der Waals surface area contributed by atoms with Gasteiger partial charge in [0.15, 0.2) is 5.56 Å². The van der Waals surface area contributed by atoms with Crippen molar-refractivity contribution >= 4 is 11.6 Å². The first-order valence-corrected chi connectivity index (χ1v) is 8.52. The van der Waals surface area contributed by atoms with Crippen LogP contribution in [0.5, 0.6) is 5.88 Å². The molecule has 1 unspecified atom stereocenters. The molecule has 1 aromatic carbocycles. The third kappa shape index (κ3) is 3.74. The van der Waals surface area contributed by atoms with E-state index < -0.39 is 17.3 Å². The maximum absolute atomic E-state index is 12.6. The van der Waals surface area contributed by atoms with Crippen LogP contribution in [-0.4, -0.2) is 26.4 Å². The highest BCUT2D eigenvalue weighted by Crippen LogP contribution is 2.13. The normalized spacial score (nSPS) is 12.1. The van der Waals surface area contributed by atoms with Crippen LogP contribution in [0.15, 0.2) is 53.5 Å². The summed E-state index contributed by atoms with van der Waals surface area (Å²) in [4.78, 5) is 29.0. The van der Waals surface area contributed by atoms with E-state index in [1.165, 1.54) is 9.96 Å². The van der Waals surface area contributed by atoms with Crippen LogP contribution >= 0.6 is 0 Å². The molecule has 0 saturated heterocycles. The molecular formula is C20H21N3O3. The molecule has 0 saturated carbocycles. The summed E-state index contributed by atoms with van der Waals surface area (Å²) in [6, 6.07) is 13.2. The van der Waals surface area contributed by atoms with Gasteiger partial charge in [-0.25, -0.2) is 0 Å². The number of carbonyl (C=O) groups excluding carboxylic acids is 1. The zero-order valence-corrected chi connectivity index (χ0v) is 14.8. The monoisotopic (exact) mass is 351 g/mol. The summed E-state index contributed by atoms with van der Waals surface area (Å²) in [5.74, 6) is -1.16. The number of benzene rings is 1. The van der Waals surface area contributed by atoms with Crippen molar-refractivity contribution in [2.24, 2.45) is 0 Å². The molecule has 3 rings (SSSR count). The zero-order chi connectivity index (χ0) is 18.7. The number of nitrogens with one attached hydrogen (secondary N) is 1. The number of fused-ring (bicyclic) bond motifs is 1. The number of carbonyl (C=O) groups is 1. The molecule has 3 aromatic rings. The van der Waals surface area contributed by atoms with Gasteiger partial charge < -0.3 is 10.4 Å². The Morgan fingerprint density at radius 3 is 2.73 bits per heavy atom. The zero-order valence-electron chi connectivity index (χ0n) is 14.8. The van der Waals surface area contributed by atoms with Gasteiger partial charge >= 0.3 is 0 Å². The lowest BCUT2D eigenvalue weighted by Crippen LogP contribution is -2.37. The Morgan fingerprint density at radius 2 is 2.00 bits per heavy atom. The summed E-state index contributed by atoms with van der Waals surface area (Å²) >= 11 is 0. The molecule has 134 valence electrons. The number of rotatable bonds is 5. The molecule has 0 aliphatic heterocycles. The fourth-order valence-corrected chi connectivity index (χ4v) is 2.82. The van der Waals surface area contributed by atoms with E-state index in [9.17, 15) is 14.7 Å². The number of nitrogens with zero attached hydrogens (tertiary/aromatic N) is 2. The highest BCUT2D eigenvalue weighted by atomic mass is 16.3. The van der Waals surface area contributed by atoms with Gasteiger partial charge in [0.2, 0.25) is 5.88 Å². The first-order chi connectivity index (χ1) is 12.5. The number of pyridine rings is 1. The molecule has 0 bridgehead atoms. The summed E-state index contributed by atoms with van der Waals surface area (Å²) in [5, 5.41) is 12.9. The van der Waals surface area contributed by atoms with Crippen LogP contribution in [0.4, 0.5) is 0 Å². The van der Waals surface area contributed by atoms with Crippen molar-refractivity contribution in [2.45, 2.75) is 32.7 Å².